The van der Waals surface area contributed by atoms with Gasteiger partial charge in [-0.05, 0) is 79.1 Å². The van der Waals surface area contributed by atoms with E-state index < -0.39 is 24.8 Å². The van der Waals surface area contributed by atoms with Crippen molar-refractivity contribution in [2.75, 3.05) is 0 Å². The maximum absolute atomic E-state index is 13.8. The first-order valence-corrected chi connectivity index (χ1v) is 14.1. The second kappa shape index (κ2) is 10.8. The van der Waals surface area contributed by atoms with Gasteiger partial charge < -0.3 is 14.8 Å². The smallest absolute Gasteiger partial charge is 0.455 e. The van der Waals surface area contributed by atoms with E-state index in [4.69, 9.17) is 4.65 Å². The Labute approximate surface area is 227 Å². The van der Waals surface area contributed by atoms with E-state index in [0.29, 0.717) is 37.7 Å². The molecule has 1 aliphatic carbocycles. The highest BCUT2D eigenvalue weighted by Gasteiger charge is 2.57. The number of amides is 2. The van der Waals surface area contributed by atoms with Crippen molar-refractivity contribution in [1.29, 1.82) is 0 Å². The molecular weight excluding hydrogens is 504 g/mol. The van der Waals surface area contributed by atoms with Gasteiger partial charge in [-0.25, -0.2) is 4.39 Å². The van der Waals surface area contributed by atoms with Crippen molar-refractivity contribution in [3.8, 4) is 5.75 Å². The van der Waals surface area contributed by atoms with Crippen LogP contribution in [0.5, 0.6) is 5.75 Å². The average Bonchev–Trinajstić information content (AvgIpc) is 3.47. The molecule has 6 nitrogen and oxygen atoms in total. The second-order valence-corrected chi connectivity index (χ2v) is 12.0. The third-order valence-electron chi connectivity index (χ3n) is 8.11. The normalized spacial score (nSPS) is 25.9. The molecule has 2 aliphatic heterocycles. The molecule has 2 aromatic rings. The molecular formula is C29H33BFNO5S. The molecule has 0 bridgehead atoms. The number of thiophene rings is 1. The maximum atomic E-state index is 13.8. The topological polar surface area (TPSA) is 87.1 Å². The summed E-state index contributed by atoms with van der Waals surface area (Å²) in [5, 5.41) is 22.1. The Balaban J connectivity index is 1.40. The minimum atomic E-state index is -1.01. The van der Waals surface area contributed by atoms with E-state index in [2.05, 4.69) is 13.8 Å². The van der Waals surface area contributed by atoms with Crippen molar-refractivity contribution >= 4 is 36.3 Å². The first-order chi connectivity index (χ1) is 18.1. The molecule has 0 spiro atoms. The van der Waals surface area contributed by atoms with Crippen LogP contribution in [0.3, 0.4) is 0 Å². The van der Waals surface area contributed by atoms with Crippen molar-refractivity contribution in [2.45, 2.75) is 59.0 Å². The Morgan fingerprint density at radius 1 is 1.26 bits per heavy atom. The number of likely N-dealkylation sites (tertiary alicyclic amines) is 1. The Morgan fingerprint density at radius 3 is 2.74 bits per heavy atom. The summed E-state index contributed by atoms with van der Waals surface area (Å²) in [7, 11) is -1.01. The monoisotopic (exact) mass is 537 g/mol. The lowest BCUT2D eigenvalue weighted by Crippen LogP contribution is -2.46. The minimum Gasteiger partial charge on any atom is -0.505 e. The molecule has 2 amide bonds. The third-order valence-corrected chi connectivity index (χ3v) is 8.97. The van der Waals surface area contributed by atoms with Gasteiger partial charge in [0.2, 0.25) is 11.8 Å². The van der Waals surface area contributed by atoms with E-state index in [0.717, 1.165) is 21.6 Å². The van der Waals surface area contributed by atoms with Gasteiger partial charge in [0.05, 0.1) is 24.5 Å². The second-order valence-electron chi connectivity index (χ2n) is 11.0. The van der Waals surface area contributed by atoms with Crippen molar-refractivity contribution in [3.05, 3.63) is 68.7 Å². The van der Waals surface area contributed by atoms with Gasteiger partial charge in [0.1, 0.15) is 0 Å². The van der Waals surface area contributed by atoms with Crippen molar-refractivity contribution < 1.29 is 28.8 Å². The fraction of sp³-hybridized carbons (Fsp3) is 0.448. The van der Waals surface area contributed by atoms with Crippen LogP contribution < -0.4 is 0 Å². The van der Waals surface area contributed by atoms with Gasteiger partial charge in [-0.2, -0.15) is 0 Å². The van der Waals surface area contributed by atoms with Crippen LogP contribution >= 0.6 is 11.3 Å². The average molecular weight is 537 g/mol. The van der Waals surface area contributed by atoms with Crippen LogP contribution in [-0.4, -0.2) is 40.1 Å². The Hall–Kier alpha value is -2.75. The number of phenolic OH excluding ortho intramolecular Hbond substituents is 1. The van der Waals surface area contributed by atoms with E-state index in [1.54, 1.807) is 6.07 Å². The van der Waals surface area contributed by atoms with Gasteiger partial charge in [-0.3, -0.25) is 14.5 Å². The molecule has 5 rings (SSSR count). The summed E-state index contributed by atoms with van der Waals surface area (Å²) in [6.45, 7) is 6.47. The predicted molar refractivity (Wildman–Crippen MR) is 145 cm³/mol. The lowest BCUT2D eigenvalue weighted by Gasteiger charge is -2.44. The third kappa shape index (κ3) is 5.11. The van der Waals surface area contributed by atoms with Crippen LogP contribution in [0, 0.1) is 29.5 Å². The van der Waals surface area contributed by atoms with Crippen LogP contribution in [0.15, 0.2) is 52.4 Å². The Bertz CT molecular complexity index is 1290. The summed E-state index contributed by atoms with van der Waals surface area (Å²) in [6.07, 6.45) is 3.59. The van der Waals surface area contributed by atoms with Crippen LogP contribution in [0.1, 0.15) is 50.5 Å². The van der Waals surface area contributed by atoms with Gasteiger partial charge in [0.25, 0.3) is 0 Å². The summed E-state index contributed by atoms with van der Waals surface area (Å²) >= 11 is 1.53. The highest BCUT2D eigenvalue weighted by atomic mass is 32.1. The molecule has 4 atom stereocenters. The van der Waals surface area contributed by atoms with E-state index in [-0.39, 0.29) is 35.5 Å². The zero-order valence-electron chi connectivity index (χ0n) is 21.9. The van der Waals surface area contributed by atoms with Crippen molar-refractivity contribution in [3.63, 3.8) is 0 Å². The molecule has 200 valence electrons. The molecule has 1 aromatic carbocycles. The summed E-state index contributed by atoms with van der Waals surface area (Å²) < 4.78 is 19.8. The molecule has 3 aliphatic rings. The maximum Gasteiger partial charge on any atom is 0.455 e. The lowest BCUT2D eigenvalue weighted by molar-refractivity contribution is -0.140. The standard InChI is InChI=1S/C29H33BFNO5S/c1-16(2)20-13-21-27(29(35)32(28(21)34)15-19-5-4-10-38-19)22-14-30(36)37-25(26(20)22)9-6-17(3)11-18-7-8-24(33)23(31)12-18/h4-5,7-8,10-12,16,21-22,25,27,33,36H,6,9,13-15H2,1-3H3/b17-11+/t21-,22+,25-,27-/m1/s1. The SMILES string of the molecule is C/C(=C\c1ccc(O)c(F)c1)CC[C@H]1OB(O)C[C@H]2C1=C(C(C)C)C[C@H]1C(=O)N(Cc3cccs3)C(=O)[C@H]12. The molecule has 0 saturated carbocycles. The van der Waals surface area contributed by atoms with Gasteiger partial charge in [0.15, 0.2) is 11.6 Å². The number of phenols is 1. The number of allylic oxidation sites excluding steroid dienone is 2. The van der Waals surface area contributed by atoms with Crippen LogP contribution in [0.25, 0.3) is 6.08 Å². The molecule has 38 heavy (non-hydrogen) atoms. The molecule has 3 heterocycles. The number of rotatable bonds is 7. The number of benzene rings is 1. The molecule has 2 saturated heterocycles. The van der Waals surface area contributed by atoms with E-state index in [9.17, 15) is 24.1 Å². The van der Waals surface area contributed by atoms with Crippen LogP contribution in [-0.2, 0) is 20.8 Å². The quantitative estimate of drug-likeness (QED) is 0.280. The number of carbonyl (C=O) groups is 2. The largest absolute Gasteiger partial charge is 0.505 e. The zero-order chi connectivity index (χ0) is 27.1. The Morgan fingerprint density at radius 2 is 2.05 bits per heavy atom. The van der Waals surface area contributed by atoms with E-state index >= 15 is 0 Å². The van der Waals surface area contributed by atoms with Crippen molar-refractivity contribution in [2.24, 2.45) is 23.7 Å². The van der Waals surface area contributed by atoms with Gasteiger partial charge in [-0.15, -0.1) is 11.3 Å². The summed E-state index contributed by atoms with van der Waals surface area (Å²) in [5.41, 5.74) is 3.90. The lowest BCUT2D eigenvalue weighted by atomic mass is 9.57. The van der Waals surface area contributed by atoms with Crippen molar-refractivity contribution in [1.82, 2.24) is 4.90 Å². The fourth-order valence-corrected chi connectivity index (χ4v) is 7.05. The summed E-state index contributed by atoms with van der Waals surface area (Å²) in [4.78, 5) is 29.5. The van der Waals surface area contributed by atoms with Gasteiger partial charge in [-0.1, -0.05) is 43.2 Å². The first-order valence-electron chi connectivity index (χ1n) is 13.2. The molecule has 1 aromatic heterocycles. The molecule has 2 N–H and O–H groups in total. The number of aromatic hydroxyl groups is 1. The number of halogens is 1. The molecule has 9 heteroatoms. The van der Waals surface area contributed by atoms with Crippen LogP contribution in [0.4, 0.5) is 4.39 Å². The van der Waals surface area contributed by atoms with E-state index in [1.165, 1.54) is 28.4 Å². The number of nitrogens with zero attached hydrogens (tertiary/aromatic N) is 1. The molecule has 0 radical (unpaired) electrons. The Kier molecular flexibility index (Phi) is 7.62. The number of imide groups is 1. The molecule has 0 unspecified atom stereocenters. The zero-order valence-corrected chi connectivity index (χ0v) is 22.7. The van der Waals surface area contributed by atoms with Crippen LogP contribution in [0.2, 0.25) is 6.32 Å². The number of hydrogen-bond donors (Lipinski definition) is 2. The number of carbonyl (C=O) groups excluding carboxylic acids is 2. The summed E-state index contributed by atoms with van der Waals surface area (Å²) in [5.74, 6) is -2.22. The fourth-order valence-electron chi connectivity index (χ4n) is 6.36. The predicted octanol–water partition coefficient (Wildman–Crippen LogP) is 5.43. The number of hydrogen-bond acceptors (Lipinski definition) is 6. The first kappa shape index (κ1) is 26.8. The van der Waals surface area contributed by atoms with Gasteiger partial charge >= 0.3 is 7.12 Å². The summed E-state index contributed by atoms with van der Waals surface area (Å²) in [6, 6.07) is 8.14. The minimum absolute atomic E-state index is 0.108. The molecule has 2 fully saturated rings. The highest BCUT2D eigenvalue weighted by molar-refractivity contribution is 7.09. The number of fused-ring (bicyclic) bond motifs is 3. The van der Waals surface area contributed by atoms with E-state index in [1.807, 2.05) is 30.5 Å². The van der Waals surface area contributed by atoms with Gasteiger partial charge in [0, 0.05) is 4.88 Å². The highest BCUT2D eigenvalue weighted by Crippen LogP contribution is 2.52.